The van der Waals surface area contributed by atoms with Crippen LogP contribution in [-0.2, 0) is 4.74 Å². The van der Waals surface area contributed by atoms with Crippen LogP contribution in [-0.4, -0.2) is 61.5 Å². The lowest BCUT2D eigenvalue weighted by Crippen LogP contribution is -2.52. The van der Waals surface area contributed by atoms with E-state index in [0.29, 0.717) is 12.0 Å². The zero-order chi connectivity index (χ0) is 13.8. The summed E-state index contributed by atoms with van der Waals surface area (Å²) >= 11 is 0. The molecule has 4 nitrogen and oxygen atoms in total. The lowest BCUT2D eigenvalue weighted by molar-refractivity contribution is -0.0233. The first-order valence-corrected chi connectivity index (χ1v) is 8.47. The Morgan fingerprint density at radius 1 is 1.15 bits per heavy atom. The molecule has 2 aliphatic carbocycles. The second-order valence-corrected chi connectivity index (χ2v) is 7.05. The first-order chi connectivity index (χ1) is 9.81. The predicted molar refractivity (Wildman–Crippen MR) is 79.8 cm³/mol. The third-order valence-electron chi connectivity index (χ3n) is 5.41. The van der Waals surface area contributed by atoms with Crippen molar-refractivity contribution in [3.8, 4) is 0 Å². The SMILES string of the molecule is OCCN(CC1(CNC2CC2)CCOCC1)C1CCC1. The van der Waals surface area contributed by atoms with Crippen LogP contribution in [0.1, 0.15) is 44.9 Å². The summed E-state index contributed by atoms with van der Waals surface area (Å²) < 4.78 is 5.59. The Morgan fingerprint density at radius 2 is 1.90 bits per heavy atom. The molecule has 0 amide bonds. The van der Waals surface area contributed by atoms with Crippen LogP contribution >= 0.6 is 0 Å². The van der Waals surface area contributed by atoms with E-state index in [1.54, 1.807) is 0 Å². The lowest BCUT2D eigenvalue weighted by atomic mass is 9.78. The van der Waals surface area contributed by atoms with Crippen LogP contribution in [0, 0.1) is 5.41 Å². The van der Waals surface area contributed by atoms with Crippen LogP contribution < -0.4 is 5.32 Å². The Hall–Kier alpha value is -0.160. The summed E-state index contributed by atoms with van der Waals surface area (Å²) in [6.45, 7) is 5.22. The normalized spacial score (nSPS) is 26.7. The Balaban J connectivity index is 1.59. The summed E-state index contributed by atoms with van der Waals surface area (Å²) in [6, 6.07) is 1.51. The minimum atomic E-state index is 0.291. The summed E-state index contributed by atoms with van der Waals surface area (Å²) in [5.74, 6) is 0. The maximum absolute atomic E-state index is 9.36. The van der Waals surface area contributed by atoms with Gasteiger partial charge in [-0.05, 0) is 43.9 Å². The van der Waals surface area contributed by atoms with E-state index in [2.05, 4.69) is 10.2 Å². The number of hydrogen-bond donors (Lipinski definition) is 2. The van der Waals surface area contributed by atoms with Gasteiger partial charge in [-0.3, -0.25) is 4.90 Å². The van der Waals surface area contributed by atoms with Gasteiger partial charge in [0.15, 0.2) is 0 Å². The van der Waals surface area contributed by atoms with E-state index in [1.165, 1.54) is 44.9 Å². The summed E-state index contributed by atoms with van der Waals surface area (Å²) in [6.07, 6.45) is 9.06. The van der Waals surface area contributed by atoms with Crippen LogP contribution in [0.5, 0.6) is 0 Å². The number of aliphatic hydroxyl groups excluding tert-OH is 1. The highest BCUT2D eigenvalue weighted by atomic mass is 16.5. The fourth-order valence-corrected chi connectivity index (χ4v) is 3.55. The van der Waals surface area contributed by atoms with Crippen molar-refractivity contribution in [2.24, 2.45) is 5.41 Å². The molecule has 1 saturated heterocycles. The summed E-state index contributed by atoms with van der Waals surface area (Å²) in [5.41, 5.74) is 0.367. The minimum absolute atomic E-state index is 0.291. The minimum Gasteiger partial charge on any atom is -0.395 e. The van der Waals surface area contributed by atoms with Gasteiger partial charge in [0, 0.05) is 44.9 Å². The maximum Gasteiger partial charge on any atom is 0.0558 e. The number of aliphatic hydroxyl groups is 1. The smallest absolute Gasteiger partial charge is 0.0558 e. The van der Waals surface area contributed by atoms with Crippen molar-refractivity contribution in [3.63, 3.8) is 0 Å². The molecule has 0 aromatic carbocycles. The van der Waals surface area contributed by atoms with Gasteiger partial charge in [-0.2, -0.15) is 0 Å². The van der Waals surface area contributed by atoms with Crippen molar-refractivity contribution in [2.75, 3.05) is 39.5 Å². The van der Waals surface area contributed by atoms with E-state index in [0.717, 1.165) is 44.9 Å². The fourth-order valence-electron chi connectivity index (χ4n) is 3.55. The van der Waals surface area contributed by atoms with E-state index in [-0.39, 0.29) is 0 Å². The van der Waals surface area contributed by atoms with Crippen LogP contribution in [0.4, 0.5) is 0 Å². The molecule has 0 radical (unpaired) electrons. The molecular weight excluding hydrogens is 252 g/mol. The van der Waals surface area contributed by atoms with Crippen molar-refractivity contribution >= 4 is 0 Å². The van der Waals surface area contributed by atoms with Crippen molar-refractivity contribution in [3.05, 3.63) is 0 Å². The number of nitrogens with one attached hydrogen (secondary N) is 1. The first-order valence-electron chi connectivity index (χ1n) is 8.47. The number of hydrogen-bond acceptors (Lipinski definition) is 4. The molecule has 0 aromatic rings. The zero-order valence-electron chi connectivity index (χ0n) is 12.6. The maximum atomic E-state index is 9.36. The number of rotatable bonds is 8. The van der Waals surface area contributed by atoms with E-state index in [4.69, 9.17) is 4.74 Å². The average molecular weight is 282 g/mol. The molecule has 1 heterocycles. The number of ether oxygens (including phenoxy) is 1. The van der Waals surface area contributed by atoms with Gasteiger partial charge in [-0.1, -0.05) is 6.42 Å². The Bertz CT molecular complexity index is 297. The standard InChI is InChI=1S/C16H30N2O2/c19-9-8-18(15-2-1-3-15)13-16(6-10-20-11-7-16)12-17-14-4-5-14/h14-15,17,19H,1-13H2. The Kier molecular flexibility index (Phi) is 4.97. The van der Waals surface area contributed by atoms with Gasteiger partial charge in [-0.25, -0.2) is 0 Å². The topological polar surface area (TPSA) is 44.7 Å². The van der Waals surface area contributed by atoms with E-state index >= 15 is 0 Å². The van der Waals surface area contributed by atoms with Gasteiger partial charge in [0.25, 0.3) is 0 Å². The summed E-state index contributed by atoms with van der Waals surface area (Å²) in [4.78, 5) is 2.56. The predicted octanol–water partition coefficient (Wildman–Crippen LogP) is 1.38. The van der Waals surface area contributed by atoms with E-state index < -0.39 is 0 Å². The molecule has 3 rings (SSSR count). The molecule has 1 aliphatic heterocycles. The third kappa shape index (κ3) is 3.73. The molecule has 0 aromatic heterocycles. The molecule has 116 valence electrons. The third-order valence-corrected chi connectivity index (χ3v) is 5.41. The van der Waals surface area contributed by atoms with Gasteiger partial charge >= 0.3 is 0 Å². The van der Waals surface area contributed by atoms with Crippen LogP contribution in [0.3, 0.4) is 0 Å². The molecule has 0 unspecified atom stereocenters. The van der Waals surface area contributed by atoms with Gasteiger partial charge in [0.2, 0.25) is 0 Å². The molecule has 2 N–H and O–H groups in total. The molecule has 0 bridgehead atoms. The largest absolute Gasteiger partial charge is 0.395 e. The quantitative estimate of drug-likeness (QED) is 0.706. The van der Waals surface area contributed by atoms with Gasteiger partial charge in [0.05, 0.1) is 6.61 Å². The average Bonchev–Trinajstić information content (AvgIpc) is 3.20. The summed E-state index contributed by atoms with van der Waals surface area (Å²) in [5, 5.41) is 13.1. The monoisotopic (exact) mass is 282 g/mol. The molecule has 4 heteroatoms. The van der Waals surface area contributed by atoms with E-state index in [9.17, 15) is 5.11 Å². The molecule has 0 spiro atoms. The van der Waals surface area contributed by atoms with Crippen LogP contribution in [0.15, 0.2) is 0 Å². The van der Waals surface area contributed by atoms with Crippen molar-refractivity contribution in [1.82, 2.24) is 10.2 Å². The molecule has 3 aliphatic rings. The lowest BCUT2D eigenvalue weighted by Gasteiger charge is -2.46. The molecule has 0 atom stereocenters. The molecule has 2 saturated carbocycles. The van der Waals surface area contributed by atoms with Crippen LogP contribution in [0.2, 0.25) is 0 Å². The van der Waals surface area contributed by atoms with Gasteiger partial charge in [-0.15, -0.1) is 0 Å². The number of nitrogens with zero attached hydrogens (tertiary/aromatic N) is 1. The van der Waals surface area contributed by atoms with Gasteiger partial charge in [0.1, 0.15) is 0 Å². The van der Waals surface area contributed by atoms with Crippen molar-refractivity contribution < 1.29 is 9.84 Å². The van der Waals surface area contributed by atoms with Crippen LogP contribution in [0.25, 0.3) is 0 Å². The highest BCUT2D eigenvalue weighted by Crippen LogP contribution is 2.35. The molecular formula is C16H30N2O2. The molecule has 20 heavy (non-hydrogen) atoms. The summed E-state index contributed by atoms with van der Waals surface area (Å²) in [7, 11) is 0. The van der Waals surface area contributed by atoms with E-state index in [1.807, 2.05) is 0 Å². The highest BCUT2D eigenvalue weighted by molar-refractivity contribution is 4.93. The second-order valence-electron chi connectivity index (χ2n) is 7.05. The highest BCUT2D eigenvalue weighted by Gasteiger charge is 2.38. The first kappa shape index (κ1) is 14.8. The Morgan fingerprint density at radius 3 is 2.45 bits per heavy atom. The van der Waals surface area contributed by atoms with Crippen molar-refractivity contribution in [1.29, 1.82) is 0 Å². The second kappa shape index (κ2) is 6.73. The molecule has 3 fully saturated rings. The van der Waals surface area contributed by atoms with Gasteiger partial charge < -0.3 is 15.2 Å². The Labute approximate surface area is 122 Å². The zero-order valence-corrected chi connectivity index (χ0v) is 12.6. The van der Waals surface area contributed by atoms with Crippen molar-refractivity contribution in [2.45, 2.75) is 57.0 Å². The fraction of sp³-hybridized carbons (Fsp3) is 1.00.